The molecule has 1 fully saturated rings. The van der Waals surface area contributed by atoms with Crippen molar-refractivity contribution in [2.45, 2.75) is 48.9 Å². The number of nitrogens with one attached hydrogen (secondary N) is 3. The molecule has 0 aromatic carbocycles. The van der Waals surface area contributed by atoms with Gasteiger partial charge in [0.05, 0.1) is 29.8 Å². The molecule has 0 spiro atoms. The molecule has 1 aliphatic carbocycles. The lowest BCUT2D eigenvalue weighted by atomic mass is 9.81. The number of nitrogens with zero attached hydrogens (tertiary/aromatic N) is 3. The number of ether oxygens (including phenoxy) is 1. The standard InChI is InChI=1S/C24H26N6O4S/c1-34-20-3-2-16-21(30-20)17(6-9-25-16)29-23(32)24(33)7-4-15(5-8-24)26-11-14-10-18-22(27-12-14)35-13-19(31)28-18/h2-3,6,9-10,12,15,26,33H,4-5,7-8,11,13H2,1H3,(H,28,31)(H,25,29,32)/t15-,24+. The number of methoxy groups -OCH3 is 1. The van der Waals surface area contributed by atoms with Gasteiger partial charge in [-0.3, -0.25) is 14.6 Å². The monoisotopic (exact) mass is 494 g/mol. The van der Waals surface area contributed by atoms with Gasteiger partial charge in [-0.15, -0.1) is 0 Å². The lowest BCUT2D eigenvalue weighted by molar-refractivity contribution is -0.137. The van der Waals surface area contributed by atoms with Crippen LogP contribution in [0.4, 0.5) is 11.4 Å². The van der Waals surface area contributed by atoms with Gasteiger partial charge in [-0.05, 0) is 49.4 Å². The first-order valence-electron chi connectivity index (χ1n) is 11.4. The fourth-order valence-electron chi connectivity index (χ4n) is 4.37. The van der Waals surface area contributed by atoms with Gasteiger partial charge in [0, 0.05) is 31.0 Å². The number of fused-ring (bicyclic) bond motifs is 2. The van der Waals surface area contributed by atoms with E-state index in [1.165, 1.54) is 18.9 Å². The van der Waals surface area contributed by atoms with Crippen LogP contribution in [0.3, 0.4) is 0 Å². The number of aliphatic hydroxyl groups is 1. The van der Waals surface area contributed by atoms with Crippen molar-refractivity contribution < 1.29 is 19.4 Å². The molecule has 0 bridgehead atoms. The summed E-state index contributed by atoms with van der Waals surface area (Å²) in [4.78, 5) is 37.7. The molecule has 2 amide bonds. The Labute approximate surface area is 206 Å². The largest absolute Gasteiger partial charge is 0.481 e. The summed E-state index contributed by atoms with van der Waals surface area (Å²) in [6, 6.07) is 7.24. The van der Waals surface area contributed by atoms with Gasteiger partial charge >= 0.3 is 0 Å². The van der Waals surface area contributed by atoms with E-state index in [4.69, 9.17) is 4.74 Å². The second-order valence-electron chi connectivity index (χ2n) is 8.75. The first-order chi connectivity index (χ1) is 16.9. The number of carbonyl (C=O) groups is 2. The van der Waals surface area contributed by atoms with E-state index in [1.807, 2.05) is 12.3 Å². The van der Waals surface area contributed by atoms with E-state index >= 15 is 0 Å². The number of carbonyl (C=O) groups excluding carboxylic acids is 2. The van der Waals surface area contributed by atoms with Gasteiger partial charge < -0.3 is 25.8 Å². The first kappa shape index (κ1) is 23.5. The third-order valence-electron chi connectivity index (χ3n) is 6.37. The molecule has 3 aromatic heterocycles. The summed E-state index contributed by atoms with van der Waals surface area (Å²) in [6.45, 7) is 0.590. The van der Waals surface area contributed by atoms with Crippen LogP contribution in [0.5, 0.6) is 5.88 Å². The third kappa shape index (κ3) is 5.07. The van der Waals surface area contributed by atoms with E-state index in [-0.39, 0.29) is 11.9 Å². The van der Waals surface area contributed by atoms with Gasteiger partial charge in [0.25, 0.3) is 5.91 Å². The van der Waals surface area contributed by atoms with Crippen LogP contribution in [0, 0.1) is 0 Å². The molecule has 5 rings (SSSR count). The van der Waals surface area contributed by atoms with Crippen molar-refractivity contribution in [3.8, 4) is 5.88 Å². The Morgan fingerprint density at radius 2 is 2.11 bits per heavy atom. The Bertz CT molecular complexity index is 1280. The molecule has 0 radical (unpaired) electrons. The van der Waals surface area contributed by atoms with Crippen LogP contribution >= 0.6 is 11.8 Å². The van der Waals surface area contributed by atoms with E-state index in [1.54, 1.807) is 24.4 Å². The van der Waals surface area contributed by atoms with Crippen molar-refractivity contribution in [1.29, 1.82) is 0 Å². The lowest BCUT2D eigenvalue weighted by Crippen LogP contribution is -2.48. The van der Waals surface area contributed by atoms with Crippen molar-refractivity contribution in [3.63, 3.8) is 0 Å². The smallest absolute Gasteiger partial charge is 0.256 e. The average Bonchev–Trinajstić information content (AvgIpc) is 2.88. The molecular weight excluding hydrogens is 468 g/mol. The molecule has 4 heterocycles. The van der Waals surface area contributed by atoms with Crippen molar-refractivity contribution >= 4 is 46.0 Å². The maximum Gasteiger partial charge on any atom is 0.256 e. The highest BCUT2D eigenvalue weighted by atomic mass is 32.2. The minimum Gasteiger partial charge on any atom is -0.481 e. The average molecular weight is 495 g/mol. The Hall–Kier alpha value is -3.28. The molecule has 1 saturated carbocycles. The number of anilines is 2. The zero-order valence-corrected chi connectivity index (χ0v) is 20.0. The fourth-order valence-corrected chi connectivity index (χ4v) is 5.10. The molecule has 35 heavy (non-hydrogen) atoms. The predicted octanol–water partition coefficient (Wildman–Crippen LogP) is 2.48. The van der Waals surface area contributed by atoms with Crippen molar-refractivity contribution in [2.24, 2.45) is 0 Å². The maximum atomic E-state index is 13.0. The molecule has 0 saturated heterocycles. The highest BCUT2D eigenvalue weighted by Crippen LogP contribution is 2.32. The van der Waals surface area contributed by atoms with Crippen LogP contribution in [-0.4, -0.2) is 56.4 Å². The van der Waals surface area contributed by atoms with Gasteiger partial charge in [-0.25, -0.2) is 9.97 Å². The van der Waals surface area contributed by atoms with Crippen molar-refractivity contribution in [2.75, 3.05) is 23.5 Å². The Morgan fingerprint density at radius 3 is 2.91 bits per heavy atom. The van der Waals surface area contributed by atoms with Crippen molar-refractivity contribution in [1.82, 2.24) is 20.3 Å². The topological polar surface area (TPSA) is 138 Å². The molecule has 4 N–H and O–H groups in total. The van der Waals surface area contributed by atoms with Crippen LogP contribution in [0.2, 0.25) is 0 Å². The van der Waals surface area contributed by atoms with Gasteiger partial charge in [-0.2, -0.15) is 0 Å². The van der Waals surface area contributed by atoms with E-state index in [0.717, 1.165) is 16.3 Å². The first-order valence-corrected chi connectivity index (χ1v) is 12.4. The highest BCUT2D eigenvalue weighted by Gasteiger charge is 2.40. The summed E-state index contributed by atoms with van der Waals surface area (Å²) in [5.74, 6) is 0.341. The quantitative estimate of drug-likeness (QED) is 0.407. The summed E-state index contributed by atoms with van der Waals surface area (Å²) in [6.07, 6.45) is 5.38. The maximum absolute atomic E-state index is 13.0. The fraction of sp³-hybridized carbons (Fsp3) is 0.375. The number of thioether (sulfide) groups is 1. The molecular formula is C24H26N6O4S. The molecule has 11 heteroatoms. The van der Waals surface area contributed by atoms with Crippen LogP contribution in [-0.2, 0) is 16.1 Å². The molecule has 182 valence electrons. The zero-order chi connectivity index (χ0) is 24.4. The van der Waals surface area contributed by atoms with Crippen LogP contribution < -0.4 is 20.7 Å². The normalized spacial score (nSPS) is 21.8. The number of aromatic nitrogens is 3. The SMILES string of the molecule is COc1ccc2nccc(NC(=O)[C@]3(O)CC[C@@H](NCc4cnc5c(c4)NC(=O)CS5)CC3)c2n1. The van der Waals surface area contributed by atoms with E-state index in [0.29, 0.717) is 60.6 Å². The highest BCUT2D eigenvalue weighted by molar-refractivity contribution is 8.00. The van der Waals surface area contributed by atoms with E-state index < -0.39 is 11.5 Å². The summed E-state index contributed by atoms with van der Waals surface area (Å²) in [7, 11) is 1.52. The Morgan fingerprint density at radius 1 is 1.29 bits per heavy atom. The van der Waals surface area contributed by atoms with Gasteiger partial charge in [0.1, 0.15) is 16.1 Å². The van der Waals surface area contributed by atoms with Crippen LogP contribution in [0.25, 0.3) is 11.0 Å². The second-order valence-corrected chi connectivity index (χ2v) is 9.72. The molecule has 2 aliphatic rings. The minimum atomic E-state index is -1.46. The van der Waals surface area contributed by atoms with Gasteiger partial charge in [0.2, 0.25) is 11.8 Å². The molecule has 10 nitrogen and oxygen atoms in total. The van der Waals surface area contributed by atoms with Crippen LogP contribution in [0.15, 0.2) is 41.7 Å². The molecule has 0 atom stereocenters. The zero-order valence-electron chi connectivity index (χ0n) is 19.2. The molecule has 3 aromatic rings. The number of rotatable bonds is 6. The number of pyridine rings is 3. The molecule has 0 unspecified atom stereocenters. The number of hydrogen-bond donors (Lipinski definition) is 4. The summed E-state index contributed by atoms with van der Waals surface area (Å²) >= 11 is 1.43. The predicted molar refractivity (Wildman–Crippen MR) is 132 cm³/mol. The molecule has 1 aliphatic heterocycles. The lowest BCUT2D eigenvalue weighted by Gasteiger charge is -2.35. The van der Waals surface area contributed by atoms with Gasteiger partial charge in [0.15, 0.2) is 0 Å². The van der Waals surface area contributed by atoms with Gasteiger partial charge in [-0.1, -0.05) is 11.8 Å². The third-order valence-corrected chi connectivity index (χ3v) is 7.37. The number of hydrogen-bond acceptors (Lipinski definition) is 9. The minimum absolute atomic E-state index is 0.0195. The Balaban J connectivity index is 1.18. The van der Waals surface area contributed by atoms with E-state index in [2.05, 4.69) is 30.9 Å². The summed E-state index contributed by atoms with van der Waals surface area (Å²) < 4.78 is 5.19. The summed E-state index contributed by atoms with van der Waals surface area (Å²) in [5.41, 5.74) is 1.87. The summed E-state index contributed by atoms with van der Waals surface area (Å²) in [5, 5.41) is 21.1. The number of amides is 2. The van der Waals surface area contributed by atoms with E-state index in [9.17, 15) is 14.7 Å². The second kappa shape index (κ2) is 9.76. The van der Waals surface area contributed by atoms with Crippen LogP contribution in [0.1, 0.15) is 31.2 Å². The van der Waals surface area contributed by atoms with Crippen molar-refractivity contribution in [3.05, 3.63) is 42.2 Å². The Kier molecular flexibility index (Phi) is 6.54.